The van der Waals surface area contributed by atoms with E-state index in [9.17, 15) is 28.8 Å². The van der Waals surface area contributed by atoms with Crippen molar-refractivity contribution in [3.63, 3.8) is 0 Å². The fourth-order valence-corrected chi connectivity index (χ4v) is 1.55. The Morgan fingerprint density at radius 3 is 2.47 bits per heavy atom. The van der Waals surface area contributed by atoms with Crippen LogP contribution in [0.5, 0.6) is 5.75 Å². The zero-order valence-electron chi connectivity index (χ0n) is 9.54. The minimum Gasteiger partial charge on any atom is -0.479 e. The van der Waals surface area contributed by atoms with Gasteiger partial charge in [0, 0.05) is 17.2 Å². The molecule has 0 aromatic heterocycles. The number of carboxylic acid groups (broad SMARTS) is 1. The van der Waals surface area contributed by atoms with Gasteiger partial charge < -0.3 is 14.9 Å². The second-order valence-corrected chi connectivity index (χ2v) is 3.50. The summed E-state index contributed by atoms with van der Waals surface area (Å²) >= 11 is 0. The van der Waals surface area contributed by atoms with Crippen LogP contribution in [0.4, 0.5) is 14.5 Å². The lowest BCUT2D eigenvalue weighted by Gasteiger charge is -2.15. The molecule has 0 bridgehead atoms. The quantitative estimate of drug-likeness (QED) is 0.625. The molecule has 7 nitrogen and oxygen atoms in total. The average Bonchev–Trinajstić information content (AvgIpc) is 2.27. The van der Waals surface area contributed by atoms with Crippen molar-refractivity contribution >= 4 is 11.7 Å². The number of benzene rings is 1. The van der Waals surface area contributed by atoms with Gasteiger partial charge in [-0.2, -0.15) is 8.78 Å². The fraction of sp³-hybridized carbons (Fsp3) is 0.300. The standard InChI is InChI=1S/C10H9F2NO6/c1-4-5(13(17)18)2-3-6(19-10(11)12)7(4)8(14)9(15)16/h2-3,8,10,14H,1H3,(H,15,16). The molecule has 0 saturated carbocycles. The van der Waals surface area contributed by atoms with Crippen LogP contribution in [-0.2, 0) is 4.79 Å². The number of nitro groups is 1. The number of halogens is 2. The first-order valence-corrected chi connectivity index (χ1v) is 4.89. The molecule has 0 heterocycles. The van der Waals surface area contributed by atoms with Gasteiger partial charge in [-0.1, -0.05) is 0 Å². The number of carboxylic acids is 1. The van der Waals surface area contributed by atoms with Crippen LogP contribution < -0.4 is 4.74 Å². The van der Waals surface area contributed by atoms with E-state index in [0.29, 0.717) is 0 Å². The molecule has 0 radical (unpaired) electrons. The van der Waals surface area contributed by atoms with Crippen molar-refractivity contribution in [2.75, 3.05) is 0 Å². The molecule has 1 rings (SSSR count). The van der Waals surface area contributed by atoms with Crippen molar-refractivity contribution in [2.24, 2.45) is 0 Å². The highest BCUT2D eigenvalue weighted by Gasteiger charge is 2.28. The van der Waals surface area contributed by atoms with E-state index < -0.39 is 40.6 Å². The lowest BCUT2D eigenvalue weighted by atomic mass is 10.0. The van der Waals surface area contributed by atoms with Crippen LogP contribution in [0.2, 0.25) is 0 Å². The van der Waals surface area contributed by atoms with Crippen LogP contribution >= 0.6 is 0 Å². The molecule has 104 valence electrons. The molecular formula is C10H9F2NO6. The van der Waals surface area contributed by atoms with Crippen LogP contribution in [0.15, 0.2) is 12.1 Å². The SMILES string of the molecule is Cc1c([N+](=O)[O-])ccc(OC(F)F)c1C(O)C(=O)O. The Balaban J connectivity index is 3.45. The van der Waals surface area contributed by atoms with Crippen LogP contribution in [0, 0.1) is 17.0 Å². The number of carbonyl (C=O) groups is 1. The van der Waals surface area contributed by atoms with Crippen molar-refractivity contribution in [3.05, 3.63) is 33.4 Å². The summed E-state index contributed by atoms with van der Waals surface area (Å²) in [5.74, 6) is -2.35. The summed E-state index contributed by atoms with van der Waals surface area (Å²) in [4.78, 5) is 20.6. The highest BCUT2D eigenvalue weighted by molar-refractivity contribution is 5.76. The Morgan fingerprint density at radius 1 is 1.47 bits per heavy atom. The summed E-state index contributed by atoms with van der Waals surface area (Å²) in [6.07, 6.45) is -2.20. The lowest BCUT2D eigenvalue weighted by molar-refractivity contribution is -0.385. The molecule has 1 aromatic carbocycles. The van der Waals surface area contributed by atoms with Gasteiger partial charge in [0.05, 0.1) is 4.92 Å². The van der Waals surface area contributed by atoms with E-state index in [2.05, 4.69) is 4.74 Å². The monoisotopic (exact) mass is 277 g/mol. The molecule has 1 unspecified atom stereocenters. The molecule has 2 N–H and O–H groups in total. The maximum Gasteiger partial charge on any atom is 0.387 e. The number of ether oxygens (including phenoxy) is 1. The van der Waals surface area contributed by atoms with E-state index in [4.69, 9.17) is 5.11 Å². The molecular weight excluding hydrogens is 268 g/mol. The highest BCUT2D eigenvalue weighted by Crippen LogP contribution is 2.35. The molecule has 0 aliphatic heterocycles. The zero-order chi connectivity index (χ0) is 14.7. The van der Waals surface area contributed by atoms with Crippen molar-refractivity contribution < 1.29 is 33.4 Å². The van der Waals surface area contributed by atoms with Crippen molar-refractivity contribution in [3.8, 4) is 5.75 Å². The number of nitro benzene ring substituents is 1. The largest absolute Gasteiger partial charge is 0.479 e. The summed E-state index contributed by atoms with van der Waals surface area (Å²) in [7, 11) is 0. The molecule has 0 spiro atoms. The third-order valence-corrected chi connectivity index (χ3v) is 2.37. The Labute approximate surface area is 105 Å². The number of aliphatic hydroxyl groups excluding tert-OH is 1. The summed E-state index contributed by atoms with van der Waals surface area (Å²) in [5, 5.41) is 28.8. The third kappa shape index (κ3) is 3.13. The molecule has 0 fully saturated rings. The van der Waals surface area contributed by atoms with E-state index >= 15 is 0 Å². The van der Waals surface area contributed by atoms with Gasteiger partial charge >= 0.3 is 12.6 Å². The van der Waals surface area contributed by atoms with Crippen molar-refractivity contribution in [1.29, 1.82) is 0 Å². The van der Waals surface area contributed by atoms with E-state index in [1.54, 1.807) is 0 Å². The number of hydrogen-bond acceptors (Lipinski definition) is 5. The molecule has 0 amide bonds. The average molecular weight is 277 g/mol. The van der Waals surface area contributed by atoms with Gasteiger partial charge in [-0.25, -0.2) is 4.79 Å². The Morgan fingerprint density at radius 2 is 2.05 bits per heavy atom. The predicted molar refractivity (Wildman–Crippen MR) is 57.1 cm³/mol. The topological polar surface area (TPSA) is 110 Å². The van der Waals surface area contributed by atoms with E-state index in [1.165, 1.54) is 0 Å². The summed E-state index contributed by atoms with van der Waals surface area (Å²) in [6, 6.07) is 1.71. The van der Waals surface area contributed by atoms with Gasteiger partial charge in [0.1, 0.15) is 5.75 Å². The van der Waals surface area contributed by atoms with Crippen molar-refractivity contribution in [2.45, 2.75) is 19.6 Å². The Bertz CT molecular complexity index is 519. The molecule has 1 atom stereocenters. The van der Waals surface area contributed by atoms with Gasteiger partial charge in [-0.3, -0.25) is 10.1 Å². The van der Waals surface area contributed by atoms with Crippen LogP contribution in [0.25, 0.3) is 0 Å². The maximum absolute atomic E-state index is 12.2. The van der Waals surface area contributed by atoms with Crippen LogP contribution in [0.1, 0.15) is 17.2 Å². The van der Waals surface area contributed by atoms with Gasteiger partial charge in [-0.05, 0) is 13.0 Å². The molecule has 0 aliphatic carbocycles. The van der Waals surface area contributed by atoms with Crippen LogP contribution in [-0.4, -0.2) is 27.7 Å². The molecule has 19 heavy (non-hydrogen) atoms. The maximum atomic E-state index is 12.2. The first-order chi connectivity index (χ1) is 8.75. The third-order valence-electron chi connectivity index (χ3n) is 2.37. The number of nitrogens with zero attached hydrogens (tertiary/aromatic N) is 1. The molecule has 0 saturated heterocycles. The van der Waals surface area contributed by atoms with Crippen LogP contribution in [0.3, 0.4) is 0 Å². The Kier molecular flexibility index (Phi) is 4.33. The van der Waals surface area contributed by atoms with Gasteiger partial charge in [0.25, 0.3) is 5.69 Å². The fourth-order valence-electron chi connectivity index (χ4n) is 1.55. The summed E-state index contributed by atoms with van der Waals surface area (Å²) in [6.45, 7) is -2.11. The minimum atomic E-state index is -3.25. The Hall–Kier alpha value is -2.29. The predicted octanol–water partition coefficient (Wildman–Crippen LogP) is 1.62. The second-order valence-electron chi connectivity index (χ2n) is 3.50. The number of rotatable bonds is 5. The number of hydrogen-bond donors (Lipinski definition) is 2. The normalized spacial score (nSPS) is 12.3. The summed E-state index contributed by atoms with van der Waals surface area (Å²) < 4.78 is 28.4. The van der Waals surface area contributed by atoms with Gasteiger partial charge in [0.15, 0.2) is 6.10 Å². The molecule has 1 aromatic rings. The van der Waals surface area contributed by atoms with E-state index in [1.807, 2.05) is 0 Å². The zero-order valence-corrected chi connectivity index (χ0v) is 9.54. The molecule has 9 heteroatoms. The number of aliphatic carboxylic acids is 1. The van der Waals surface area contributed by atoms with E-state index in [0.717, 1.165) is 19.1 Å². The number of alkyl halides is 2. The highest BCUT2D eigenvalue weighted by atomic mass is 19.3. The second kappa shape index (κ2) is 5.57. The number of aliphatic hydroxyl groups is 1. The van der Waals surface area contributed by atoms with Gasteiger partial charge in [-0.15, -0.1) is 0 Å². The lowest BCUT2D eigenvalue weighted by Crippen LogP contribution is -2.16. The first kappa shape index (κ1) is 14.8. The van der Waals surface area contributed by atoms with E-state index in [-0.39, 0.29) is 5.56 Å². The summed E-state index contributed by atoms with van der Waals surface area (Å²) in [5.41, 5.74) is -1.32. The molecule has 0 aliphatic rings. The smallest absolute Gasteiger partial charge is 0.387 e. The minimum absolute atomic E-state index is 0.252. The first-order valence-electron chi connectivity index (χ1n) is 4.89. The van der Waals surface area contributed by atoms with Crippen molar-refractivity contribution in [1.82, 2.24) is 0 Å². The van der Waals surface area contributed by atoms with Gasteiger partial charge in [0.2, 0.25) is 0 Å².